The summed E-state index contributed by atoms with van der Waals surface area (Å²) in [5.41, 5.74) is 0. The van der Waals surface area contributed by atoms with Crippen LogP contribution in [0.4, 0.5) is 0 Å². The molecule has 0 aromatic carbocycles. The maximum absolute atomic E-state index is 14.9. The molecule has 0 radical (unpaired) electrons. The monoisotopic (exact) mass is 1720 g/mol. The Kier molecular flexibility index (Phi) is 64.8. The molecular weight excluding hydrogens is 1550 g/mol. The zero-order valence-electron chi connectivity index (χ0n) is 74.7. The van der Waals surface area contributed by atoms with Gasteiger partial charge in [-0.2, -0.15) is 0 Å². The van der Waals surface area contributed by atoms with Crippen LogP contribution in [0, 0.1) is 11.8 Å². The smallest absolute Gasteiger partial charge is 0.463 e. The van der Waals surface area contributed by atoms with Gasteiger partial charge >= 0.3 is 31.7 Å². The van der Waals surface area contributed by atoms with Crippen LogP contribution < -0.4 is 0 Å². The largest absolute Gasteiger partial charge is 0.472 e. The second-order valence-corrected chi connectivity index (χ2v) is 36.2. The molecule has 2 aliphatic heterocycles. The Morgan fingerprint density at radius 1 is 0.353 bits per heavy atom. The van der Waals surface area contributed by atoms with E-state index in [-0.39, 0.29) is 25.7 Å². The van der Waals surface area contributed by atoms with E-state index >= 15 is 0 Å². The minimum absolute atomic E-state index is 0.00843. The van der Waals surface area contributed by atoms with Crippen LogP contribution in [0.3, 0.4) is 0 Å². The Labute approximate surface area is 717 Å². The van der Waals surface area contributed by atoms with Crippen molar-refractivity contribution in [2.45, 2.75) is 505 Å². The van der Waals surface area contributed by atoms with Crippen LogP contribution in [-0.4, -0.2) is 205 Å². The van der Waals surface area contributed by atoms with Gasteiger partial charge in [-0.05, 0) is 88.9 Å². The highest BCUT2D eigenvalue weighted by Crippen LogP contribution is 2.49. The molecule has 25 nitrogen and oxygen atoms in total. The van der Waals surface area contributed by atoms with Crippen molar-refractivity contribution in [3.63, 3.8) is 0 Å². The molecule has 2 heterocycles. The molecule has 26 heteroatoms. The highest BCUT2D eigenvalue weighted by Gasteiger charge is 2.60. The molecule has 0 spiro atoms. The van der Waals surface area contributed by atoms with Gasteiger partial charge in [-0.1, -0.05) is 323 Å². The third-order valence-corrected chi connectivity index (χ3v) is 24.7. The summed E-state index contributed by atoms with van der Waals surface area (Å²) in [6, 6.07) is 0. The second kappa shape index (κ2) is 70.1. The zero-order chi connectivity index (χ0) is 87.1. The summed E-state index contributed by atoms with van der Waals surface area (Å²) in [4.78, 5) is 66.6. The lowest BCUT2D eigenvalue weighted by atomic mass is 9.84. The Bertz CT molecular complexity index is 2600. The summed E-state index contributed by atoms with van der Waals surface area (Å²) in [7, 11) is -5.82. The van der Waals surface area contributed by atoms with E-state index in [0.717, 1.165) is 148 Å². The molecular formula is C93H171O25P. The van der Waals surface area contributed by atoms with Gasteiger partial charge in [-0.25, -0.2) is 4.57 Å². The SMILES string of the molecule is CCCCCC/C=C\CCCCCCCCCC(=O)OCC1OC(OC2C(OC(=O)CCCCCCCCC(C)CCCCCCCC)C(O)C(O)C(OC3OC(CO)C(O)C(O)C3O)C2OP(=O)(O)OCC(COC(=O)CCCCC/C=C\CCCCCCCC)OC(=O)CCCCCCCCC(C)CCCCCCCC)C(O)C(O)C1O. The van der Waals surface area contributed by atoms with E-state index in [1.807, 2.05) is 0 Å². The predicted octanol–water partition coefficient (Wildman–Crippen LogP) is 17.8. The average Bonchev–Trinajstić information content (AvgIpc) is 0.754. The van der Waals surface area contributed by atoms with Crippen LogP contribution >= 0.6 is 7.82 Å². The van der Waals surface area contributed by atoms with E-state index in [1.165, 1.54) is 154 Å². The van der Waals surface area contributed by atoms with Crippen LogP contribution in [0.5, 0.6) is 0 Å². The first kappa shape index (κ1) is 110. The zero-order valence-corrected chi connectivity index (χ0v) is 75.6. The van der Waals surface area contributed by atoms with Gasteiger partial charge < -0.3 is 88.7 Å². The summed E-state index contributed by atoms with van der Waals surface area (Å²) >= 11 is 0. The molecule has 2 saturated heterocycles. The molecule has 20 atom stereocenters. The van der Waals surface area contributed by atoms with Crippen LogP contribution in [0.1, 0.15) is 401 Å². The van der Waals surface area contributed by atoms with E-state index in [9.17, 15) is 74.6 Å². The number of rotatable bonds is 76. The Balaban J connectivity index is 1.94. The fourth-order valence-corrected chi connectivity index (χ4v) is 16.9. The molecule has 3 fully saturated rings. The van der Waals surface area contributed by atoms with Crippen molar-refractivity contribution in [3.05, 3.63) is 24.3 Å². The first-order chi connectivity index (χ1) is 57.5. The van der Waals surface area contributed by atoms with E-state index < -0.39 is 162 Å². The number of aliphatic hydroxyl groups is 9. The van der Waals surface area contributed by atoms with Gasteiger partial charge in [0, 0.05) is 25.7 Å². The number of allylic oxidation sites excluding steroid dienone is 4. The molecule has 10 N–H and O–H groups in total. The third-order valence-electron chi connectivity index (χ3n) is 23.7. The molecule has 0 amide bonds. The fraction of sp³-hybridized carbons (Fsp3) is 0.914. The van der Waals surface area contributed by atoms with Crippen LogP contribution in [-0.2, 0) is 70.7 Å². The van der Waals surface area contributed by atoms with Crippen molar-refractivity contribution in [2.75, 3.05) is 26.4 Å². The number of unbranched alkanes of at least 4 members (excludes halogenated alkanes) is 40. The molecule has 20 unspecified atom stereocenters. The van der Waals surface area contributed by atoms with Crippen molar-refractivity contribution in [1.82, 2.24) is 0 Å². The van der Waals surface area contributed by atoms with E-state index in [1.54, 1.807) is 0 Å². The van der Waals surface area contributed by atoms with E-state index in [0.29, 0.717) is 43.9 Å². The number of hydrogen-bond donors (Lipinski definition) is 10. The van der Waals surface area contributed by atoms with Gasteiger partial charge in [0.1, 0.15) is 92.6 Å². The topological polar surface area (TPSA) is 380 Å². The lowest BCUT2D eigenvalue weighted by Gasteiger charge is -2.50. The van der Waals surface area contributed by atoms with E-state index in [4.69, 9.17) is 46.9 Å². The summed E-state index contributed by atoms with van der Waals surface area (Å²) in [6.07, 6.45) is 27.5. The average molecular weight is 1720 g/mol. The molecule has 0 aromatic rings. The number of hydrogen-bond acceptors (Lipinski definition) is 24. The lowest BCUT2D eigenvalue weighted by molar-refractivity contribution is -0.360. The molecule has 3 aliphatic rings. The second-order valence-electron chi connectivity index (χ2n) is 34.8. The van der Waals surface area contributed by atoms with Gasteiger partial charge in [0.05, 0.1) is 13.2 Å². The predicted molar refractivity (Wildman–Crippen MR) is 462 cm³/mol. The van der Waals surface area contributed by atoms with Crippen molar-refractivity contribution in [1.29, 1.82) is 0 Å². The molecule has 1 aliphatic carbocycles. The summed E-state index contributed by atoms with van der Waals surface area (Å²) in [6.45, 7) is 10.2. The Morgan fingerprint density at radius 2 is 0.681 bits per heavy atom. The number of phosphoric ester groups is 1. The summed E-state index contributed by atoms with van der Waals surface area (Å²) in [5, 5.41) is 102. The third kappa shape index (κ3) is 50.8. The van der Waals surface area contributed by atoms with Crippen molar-refractivity contribution >= 4 is 31.7 Å². The maximum Gasteiger partial charge on any atom is 0.472 e. The van der Waals surface area contributed by atoms with Gasteiger partial charge in [-0.15, -0.1) is 0 Å². The standard InChI is InChI=1S/C93H171O25P/c1-7-11-15-19-23-25-27-29-30-32-34-36-38-48-56-64-77(96)110-70-75-81(100)83(102)87(106)93(114-75)117-90-88(115-79(98)66-58-50-42-40-46-54-62-72(6)60-52-44-22-18-14-10-4)84(103)85(104)89(116-92-86(105)82(101)80(99)74(67-94)113-92)91(90)118-119(107,108)111-69-73(68-109-76(95)63-55-47-37-35-33-31-28-26-24-20-16-12-8-2)112-78(97)65-57-49-41-39-45-53-61-71(5)59-51-43-21-17-13-9-3/h25,27,31,33,71-75,80-94,99-106H,7-24,26,28-30,32,34-70H2,1-6H3,(H,107,108)/b27-25-,33-31-. The van der Waals surface area contributed by atoms with Crippen molar-refractivity contribution in [2.24, 2.45) is 11.8 Å². The van der Waals surface area contributed by atoms with Gasteiger partial charge in [0.15, 0.2) is 24.8 Å². The highest BCUT2D eigenvalue weighted by molar-refractivity contribution is 7.47. The molecule has 3 rings (SSSR count). The minimum atomic E-state index is -5.82. The minimum Gasteiger partial charge on any atom is -0.463 e. The quantitative estimate of drug-likeness (QED) is 0.00889. The summed E-state index contributed by atoms with van der Waals surface area (Å²) < 4.78 is 73.5. The number of aliphatic hydroxyl groups excluding tert-OH is 9. The van der Waals surface area contributed by atoms with Gasteiger partial charge in [0.2, 0.25) is 0 Å². The Morgan fingerprint density at radius 3 is 1.10 bits per heavy atom. The first-order valence-electron chi connectivity index (χ1n) is 47.9. The normalized spacial score (nSPS) is 25.4. The molecule has 119 heavy (non-hydrogen) atoms. The van der Waals surface area contributed by atoms with Gasteiger partial charge in [0.25, 0.3) is 0 Å². The van der Waals surface area contributed by atoms with Crippen LogP contribution in [0.25, 0.3) is 0 Å². The van der Waals surface area contributed by atoms with Crippen molar-refractivity contribution in [3.8, 4) is 0 Å². The molecule has 0 bridgehead atoms. The number of esters is 4. The van der Waals surface area contributed by atoms with Crippen LogP contribution in [0.15, 0.2) is 24.3 Å². The van der Waals surface area contributed by atoms with E-state index in [2.05, 4.69) is 65.8 Å². The summed E-state index contributed by atoms with van der Waals surface area (Å²) in [5.74, 6) is -1.69. The Hall–Kier alpha value is -3.05. The number of ether oxygens (including phenoxy) is 8. The van der Waals surface area contributed by atoms with Gasteiger partial charge in [-0.3, -0.25) is 28.2 Å². The van der Waals surface area contributed by atoms with Crippen LogP contribution in [0.2, 0.25) is 0 Å². The lowest BCUT2D eigenvalue weighted by Crippen LogP contribution is -2.70. The fourth-order valence-electron chi connectivity index (χ4n) is 15.9. The molecule has 0 aromatic heterocycles. The first-order valence-corrected chi connectivity index (χ1v) is 49.3. The molecule has 698 valence electrons. The number of phosphoric acid groups is 1. The number of carbonyl (C=O) groups is 4. The maximum atomic E-state index is 14.9. The number of carbonyl (C=O) groups excluding carboxylic acids is 4. The highest BCUT2D eigenvalue weighted by atomic mass is 31.2. The van der Waals surface area contributed by atoms with Crippen molar-refractivity contribution < 1.29 is 122 Å². The molecule has 1 saturated carbocycles.